The van der Waals surface area contributed by atoms with Crippen molar-refractivity contribution >= 4 is 17.5 Å². The lowest BCUT2D eigenvalue weighted by Crippen LogP contribution is -2.48. The van der Waals surface area contributed by atoms with E-state index in [4.69, 9.17) is 4.74 Å². The van der Waals surface area contributed by atoms with Gasteiger partial charge in [0.15, 0.2) is 0 Å². The Balaban J connectivity index is 2.24. The minimum atomic E-state index is -4.74. The van der Waals surface area contributed by atoms with E-state index in [9.17, 15) is 22.8 Å². The van der Waals surface area contributed by atoms with E-state index in [0.717, 1.165) is 0 Å². The number of carbonyl (C=O) groups is 2. The Hall–Kier alpha value is -2.95. The number of hydrogen-bond donors (Lipinski definition) is 1. The molecule has 1 N–H and O–H groups in total. The number of anilines is 1. The molecular formula is C18H21F3N4O4. The van der Waals surface area contributed by atoms with Crippen molar-refractivity contribution in [2.24, 2.45) is 0 Å². The molecule has 0 bridgehead atoms. The van der Waals surface area contributed by atoms with Gasteiger partial charge in [0.25, 0.3) is 5.91 Å². The maximum atomic E-state index is 12.6. The molecule has 0 fully saturated rings. The zero-order valence-electron chi connectivity index (χ0n) is 16.3. The van der Waals surface area contributed by atoms with Crippen LogP contribution in [0.2, 0.25) is 0 Å². The number of alkyl halides is 3. The minimum Gasteiger partial charge on any atom is -0.375 e. The molecule has 1 aromatic heterocycles. The summed E-state index contributed by atoms with van der Waals surface area (Å²) in [4.78, 5) is 29.1. The van der Waals surface area contributed by atoms with Gasteiger partial charge in [0.05, 0.1) is 0 Å². The molecule has 0 aliphatic heterocycles. The molecule has 0 spiro atoms. The van der Waals surface area contributed by atoms with Gasteiger partial charge in [0, 0.05) is 23.9 Å². The van der Waals surface area contributed by atoms with Crippen LogP contribution in [0.3, 0.4) is 0 Å². The van der Waals surface area contributed by atoms with Gasteiger partial charge in [0.2, 0.25) is 11.7 Å². The van der Waals surface area contributed by atoms with Gasteiger partial charge < -0.3 is 19.5 Å². The fraction of sp³-hybridized carbons (Fsp3) is 0.444. The van der Waals surface area contributed by atoms with Crippen molar-refractivity contribution in [1.29, 1.82) is 0 Å². The summed E-state index contributed by atoms with van der Waals surface area (Å²) in [5.74, 6) is -2.53. The monoisotopic (exact) mass is 414 g/mol. The van der Waals surface area contributed by atoms with Crippen LogP contribution in [0.5, 0.6) is 0 Å². The second kappa shape index (κ2) is 8.60. The highest BCUT2D eigenvalue weighted by Crippen LogP contribution is 2.29. The molecule has 2 rings (SSSR count). The summed E-state index contributed by atoms with van der Waals surface area (Å²) >= 11 is 0. The molecule has 29 heavy (non-hydrogen) atoms. The quantitative estimate of drug-likeness (QED) is 0.781. The Morgan fingerprint density at radius 1 is 1.17 bits per heavy atom. The van der Waals surface area contributed by atoms with Crippen LogP contribution in [-0.4, -0.2) is 47.8 Å². The molecule has 11 heteroatoms. The third-order valence-electron chi connectivity index (χ3n) is 3.49. The van der Waals surface area contributed by atoms with E-state index in [0.29, 0.717) is 5.69 Å². The molecule has 158 valence electrons. The molecule has 0 aliphatic carbocycles. The fourth-order valence-corrected chi connectivity index (χ4v) is 2.37. The molecule has 0 aliphatic rings. The Labute approximate surface area is 165 Å². The summed E-state index contributed by atoms with van der Waals surface area (Å²) in [6.07, 6.45) is -4.74. The van der Waals surface area contributed by atoms with Crippen molar-refractivity contribution in [2.75, 3.05) is 25.2 Å². The SMILES string of the molecule is COCC(=O)N(CC(=O)NC(C)(C)C)c1ccc(-c2noc(C(F)(F)F)n2)cc1. The molecule has 0 unspecified atom stereocenters. The van der Waals surface area contributed by atoms with Gasteiger partial charge in [-0.15, -0.1) is 0 Å². The van der Waals surface area contributed by atoms with E-state index in [1.54, 1.807) is 20.8 Å². The van der Waals surface area contributed by atoms with E-state index in [1.807, 2.05) is 0 Å². The van der Waals surface area contributed by atoms with Crippen molar-refractivity contribution in [1.82, 2.24) is 15.5 Å². The topological polar surface area (TPSA) is 97.6 Å². The zero-order valence-corrected chi connectivity index (χ0v) is 16.3. The summed E-state index contributed by atoms with van der Waals surface area (Å²) in [6, 6.07) is 5.79. The average molecular weight is 414 g/mol. The first kappa shape index (κ1) is 22.3. The predicted octanol–water partition coefficient (Wildman–Crippen LogP) is 2.65. The van der Waals surface area contributed by atoms with Crippen molar-refractivity contribution in [3.8, 4) is 11.4 Å². The van der Waals surface area contributed by atoms with Crippen LogP contribution in [0, 0.1) is 0 Å². The maximum Gasteiger partial charge on any atom is 0.471 e. The highest BCUT2D eigenvalue weighted by Gasteiger charge is 2.38. The summed E-state index contributed by atoms with van der Waals surface area (Å²) in [5.41, 5.74) is 0.136. The molecule has 1 aromatic carbocycles. The van der Waals surface area contributed by atoms with Crippen molar-refractivity contribution in [2.45, 2.75) is 32.5 Å². The van der Waals surface area contributed by atoms with Gasteiger partial charge in [-0.1, -0.05) is 5.16 Å². The number of ether oxygens (including phenoxy) is 1. The summed E-state index contributed by atoms with van der Waals surface area (Å²) in [7, 11) is 1.35. The number of nitrogens with zero attached hydrogens (tertiary/aromatic N) is 3. The van der Waals surface area contributed by atoms with E-state index in [1.165, 1.54) is 36.3 Å². The van der Waals surface area contributed by atoms with Crippen LogP contribution < -0.4 is 10.2 Å². The van der Waals surface area contributed by atoms with Crippen molar-refractivity contribution < 1.29 is 32.0 Å². The predicted molar refractivity (Wildman–Crippen MR) is 96.9 cm³/mol. The Morgan fingerprint density at radius 3 is 2.28 bits per heavy atom. The van der Waals surface area contributed by atoms with Crippen molar-refractivity contribution in [3.63, 3.8) is 0 Å². The first-order valence-electron chi connectivity index (χ1n) is 8.52. The number of amides is 2. The van der Waals surface area contributed by atoms with Gasteiger partial charge in [-0.25, -0.2) is 0 Å². The molecule has 0 atom stereocenters. The van der Waals surface area contributed by atoms with Crippen LogP contribution in [0.15, 0.2) is 28.8 Å². The van der Waals surface area contributed by atoms with Gasteiger partial charge in [-0.3, -0.25) is 9.59 Å². The number of aromatic nitrogens is 2. The molecular weight excluding hydrogens is 393 g/mol. The molecule has 2 amide bonds. The highest BCUT2D eigenvalue weighted by molar-refractivity contribution is 5.99. The molecule has 0 saturated heterocycles. The van der Waals surface area contributed by atoms with Crippen molar-refractivity contribution in [3.05, 3.63) is 30.2 Å². The van der Waals surface area contributed by atoms with Crippen LogP contribution in [0.1, 0.15) is 26.7 Å². The molecule has 0 radical (unpaired) electrons. The Morgan fingerprint density at radius 2 is 1.79 bits per heavy atom. The van der Waals surface area contributed by atoms with Crippen LogP contribution in [-0.2, 0) is 20.5 Å². The molecule has 8 nitrogen and oxygen atoms in total. The van der Waals surface area contributed by atoms with E-state index in [2.05, 4.69) is 20.0 Å². The normalized spacial score (nSPS) is 12.0. The second-order valence-corrected chi connectivity index (χ2v) is 7.18. The van der Waals surface area contributed by atoms with Gasteiger partial charge in [-0.2, -0.15) is 18.2 Å². The number of hydrogen-bond acceptors (Lipinski definition) is 6. The third kappa shape index (κ3) is 6.28. The second-order valence-electron chi connectivity index (χ2n) is 7.18. The largest absolute Gasteiger partial charge is 0.471 e. The number of halogens is 3. The van der Waals surface area contributed by atoms with Crippen LogP contribution >= 0.6 is 0 Å². The van der Waals surface area contributed by atoms with Crippen LogP contribution in [0.25, 0.3) is 11.4 Å². The Bertz CT molecular complexity index is 857. The molecule has 1 heterocycles. The van der Waals surface area contributed by atoms with Crippen LogP contribution in [0.4, 0.5) is 18.9 Å². The molecule has 2 aromatic rings. The lowest BCUT2D eigenvalue weighted by atomic mass is 10.1. The summed E-state index contributed by atoms with van der Waals surface area (Å²) in [5, 5.41) is 6.07. The number of nitrogens with one attached hydrogen (secondary N) is 1. The van der Waals surface area contributed by atoms with Gasteiger partial charge >= 0.3 is 12.1 Å². The van der Waals surface area contributed by atoms with Gasteiger partial charge in [0.1, 0.15) is 13.2 Å². The zero-order chi connectivity index (χ0) is 21.8. The maximum absolute atomic E-state index is 12.6. The van der Waals surface area contributed by atoms with E-state index in [-0.39, 0.29) is 30.4 Å². The first-order valence-corrected chi connectivity index (χ1v) is 8.52. The third-order valence-corrected chi connectivity index (χ3v) is 3.49. The number of carbonyl (C=O) groups excluding carboxylic acids is 2. The minimum absolute atomic E-state index is 0.246. The standard InChI is InChI=1S/C18H21F3N4O4/c1-17(2,3)23-13(26)9-25(14(27)10-28-4)12-7-5-11(6-8-12)15-22-16(29-24-15)18(19,20)21/h5-8H,9-10H2,1-4H3,(H,23,26). The number of methoxy groups -OCH3 is 1. The lowest BCUT2D eigenvalue weighted by molar-refractivity contribution is -0.159. The Kier molecular flexibility index (Phi) is 6.62. The number of benzene rings is 1. The van der Waals surface area contributed by atoms with Gasteiger partial charge in [-0.05, 0) is 45.0 Å². The summed E-state index contributed by atoms with van der Waals surface area (Å²) < 4.78 is 46.9. The van der Waals surface area contributed by atoms with E-state index >= 15 is 0 Å². The summed E-state index contributed by atoms with van der Waals surface area (Å²) in [6.45, 7) is 4.92. The highest BCUT2D eigenvalue weighted by atomic mass is 19.4. The average Bonchev–Trinajstić information content (AvgIpc) is 3.09. The molecule has 0 saturated carbocycles. The lowest BCUT2D eigenvalue weighted by Gasteiger charge is -2.26. The first-order chi connectivity index (χ1) is 13.4. The van der Waals surface area contributed by atoms with E-state index < -0.39 is 23.5 Å². The smallest absolute Gasteiger partial charge is 0.375 e. The number of rotatable bonds is 6. The fourth-order valence-electron chi connectivity index (χ4n) is 2.37.